The first-order valence-electron chi connectivity index (χ1n) is 5.62. The zero-order chi connectivity index (χ0) is 13.1. The van der Waals surface area contributed by atoms with Gasteiger partial charge in [0.1, 0.15) is 23.4 Å². The van der Waals surface area contributed by atoms with Gasteiger partial charge >= 0.3 is 0 Å². The molecule has 2 rings (SSSR count). The van der Waals surface area contributed by atoms with Gasteiger partial charge in [0.15, 0.2) is 11.6 Å². The Labute approximate surface area is 110 Å². The highest BCUT2D eigenvalue weighted by Gasteiger charge is 2.10. The number of hydrogen-bond donors (Lipinski definition) is 0. The maximum absolute atomic E-state index is 5.97. The maximum atomic E-state index is 5.97. The average molecular weight is 268 g/mol. The lowest BCUT2D eigenvalue weighted by molar-refractivity contribution is 0.128. The van der Waals surface area contributed by atoms with E-state index in [9.17, 15) is 0 Å². The molecular formula is C11H14ClN5O. The fourth-order valence-electron chi connectivity index (χ4n) is 1.56. The second-order valence-electron chi connectivity index (χ2n) is 3.72. The van der Waals surface area contributed by atoms with Gasteiger partial charge in [-0.3, -0.25) is 0 Å². The van der Waals surface area contributed by atoms with Crippen LogP contribution in [-0.4, -0.2) is 31.3 Å². The minimum absolute atomic E-state index is 0.330. The zero-order valence-corrected chi connectivity index (χ0v) is 11.3. The first kappa shape index (κ1) is 12.9. The van der Waals surface area contributed by atoms with Crippen molar-refractivity contribution in [3.8, 4) is 5.82 Å². The smallest absolute Gasteiger partial charge is 0.160 e. The van der Waals surface area contributed by atoms with Crippen molar-refractivity contribution in [2.75, 3.05) is 6.61 Å². The van der Waals surface area contributed by atoms with Crippen LogP contribution < -0.4 is 0 Å². The molecule has 0 aliphatic carbocycles. The summed E-state index contributed by atoms with van der Waals surface area (Å²) < 4.78 is 6.91. The van der Waals surface area contributed by atoms with Crippen LogP contribution in [0.3, 0.4) is 0 Å². The van der Waals surface area contributed by atoms with Crippen LogP contribution >= 0.6 is 11.6 Å². The van der Waals surface area contributed by atoms with Gasteiger partial charge < -0.3 is 4.74 Å². The van der Waals surface area contributed by atoms with E-state index in [0.29, 0.717) is 35.8 Å². The summed E-state index contributed by atoms with van der Waals surface area (Å²) in [6, 6.07) is 1.65. The second-order valence-corrected chi connectivity index (χ2v) is 4.11. The second kappa shape index (κ2) is 5.41. The molecule has 7 heteroatoms. The molecule has 0 atom stereocenters. The van der Waals surface area contributed by atoms with Gasteiger partial charge in [-0.15, -0.1) is 5.10 Å². The first-order valence-corrected chi connectivity index (χ1v) is 5.99. The third-order valence-corrected chi connectivity index (χ3v) is 2.45. The van der Waals surface area contributed by atoms with Gasteiger partial charge in [-0.1, -0.05) is 11.6 Å². The molecule has 0 aromatic carbocycles. The Morgan fingerprint density at radius 2 is 2.06 bits per heavy atom. The largest absolute Gasteiger partial charge is 0.374 e. The highest BCUT2D eigenvalue weighted by molar-refractivity contribution is 6.29. The molecule has 0 radical (unpaired) electrons. The molecule has 18 heavy (non-hydrogen) atoms. The Kier molecular flexibility index (Phi) is 3.88. The quantitative estimate of drug-likeness (QED) is 0.791. The Morgan fingerprint density at radius 3 is 2.67 bits per heavy atom. The predicted molar refractivity (Wildman–Crippen MR) is 66.8 cm³/mol. The van der Waals surface area contributed by atoms with Gasteiger partial charge in [-0.25, -0.2) is 15.0 Å². The number of ether oxygens (including phenoxy) is 1. The lowest BCUT2D eigenvalue weighted by atomic mass is 10.5. The monoisotopic (exact) mass is 267 g/mol. The summed E-state index contributed by atoms with van der Waals surface area (Å²) in [4.78, 5) is 12.7. The number of rotatable bonds is 4. The summed E-state index contributed by atoms with van der Waals surface area (Å²) in [5, 5.41) is 4.62. The highest BCUT2D eigenvalue weighted by Crippen LogP contribution is 2.13. The van der Waals surface area contributed by atoms with Crippen molar-refractivity contribution < 1.29 is 4.74 Å². The third kappa shape index (κ3) is 2.83. The van der Waals surface area contributed by atoms with Crippen molar-refractivity contribution in [2.24, 2.45) is 0 Å². The van der Waals surface area contributed by atoms with Crippen LogP contribution in [-0.2, 0) is 11.3 Å². The topological polar surface area (TPSA) is 65.7 Å². The molecular weight excluding hydrogens is 254 g/mol. The molecule has 0 bridgehead atoms. The highest BCUT2D eigenvalue weighted by atomic mass is 35.5. The number of hydrogen-bond acceptors (Lipinski definition) is 5. The molecule has 6 nitrogen and oxygen atoms in total. The molecule has 96 valence electrons. The average Bonchev–Trinajstić information content (AvgIpc) is 2.65. The van der Waals surface area contributed by atoms with Gasteiger partial charge in [-0.05, 0) is 20.8 Å². The van der Waals surface area contributed by atoms with Crippen molar-refractivity contribution in [1.82, 2.24) is 24.7 Å². The summed E-state index contributed by atoms with van der Waals surface area (Å²) in [5.74, 6) is 2.58. The number of halogens is 1. The number of aromatic nitrogens is 5. The fraction of sp³-hybridized carbons (Fsp3) is 0.455. The molecule has 0 fully saturated rings. The predicted octanol–water partition coefficient (Wildman–Crippen LogP) is 1.86. The fourth-order valence-corrected chi connectivity index (χ4v) is 1.75. The van der Waals surface area contributed by atoms with Gasteiger partial charge in [0, 0.05) is 12.7 Å². The molecule has 0 saturated carbocycles. The van der Waals surface area contributed by atoms with E-state index in [1.807, 2.05) is 20.8 Å². The molecule has 0 spiro atoms. The van der Waals surface area contributed by atoms with Crippen molar-refractivity contribution in [3.63, 3.8) is 0 Å². The van der Waals surface area contributed by atoms with Gasteiger partial charge in [-0.2, -0.15) is 4.68 Å². The zero-order valence-electron chi connectivity index (χ0n) is 10.5. The SMILES string of the molecule is CCOCc1nc(Cl)cc(-n2nc(C)nc2C)n1. The van der Waals surface area contributed by atoms with Crippen LogP contribution in [0.4, 0.5) is 0 Å². The van der Waals surface area contributed by atoms with E-state index in [4.69, 9.17) is 16.3 Å². The third-order valence-electron chi connectivity index (χ3n) is 2.25. The van der Waals surface area contributed by atoms with E-state index < -0.39 is 0 Å². The van der Waals surface area contributed by atoms with Gasteiger partial charge in [0.25, 0.3) is 0 Å². The number of aryl methyl sites for hydroxylation is 2. The first-order chi connectivity index (χ1) is 8.60. The summed E-state index contributed by atoms with van der Waals surface area (Å²) in [6.07, 6.45) is 0. The van der Waals surface area contributed by atoms with E-state index in [2.05, 4.69) is 20.1 Å². The van der Waals surface area contributed by atoms with Crippen LogP contribution in [0.5, 0.6) is 0 Å². The molecule has 2 aromatic heterocycles. The Morgan fingerprint density at radius 1 is 1.28 bits per heavy atom. The van der Waals surface area contributed by atoms with E-state index in [1.54, 1.807) is 10.7 Å². The minimum atomic E-state index is 0.330. The van der Waals surface area contributed by atoms with Gasteiger partial charge in [0.05, 0.1) is 0 Å². The molecule has 0 aliphatic heterocycles. The van der Waals surface area contributed by atoms with E-state index >= 15 is 0 Å². The van der Waals surface area contributed by atoms with Crippen molar-refractivity contribution >= 4 is 11.6 Å². The summed E-state index contributed by atoms with van der Waals surface area (Å²) in [5.41, 5.74) is 0. The lowest BCUT2D eigenvalue weighted by Crippen LogP contribution is -2.07. The molecule has 0 amide bonds. The van der Waals surface area contributed by atoms with Crippen molar-refractivity contribution in [1.29, 1.82) is 0 Å². The standard InChI is InChI=1S/C11H14ClN5O/c1-4-18-6-10-14-9(12)5-11(15-10)17-8(3)13-7(2)16-17/h5H,4,6H2,1-3H3. The molecule has 0 aliphatic rings. The number of nitrogens with zero attached hydrogens (tertiary/aromatic N) is 5. The molecule has 2 heterocycles. The van der Waals surface area contributed by atoms with Crippen LogP contribution in [0.15, 0.2) is 6.07 Å². The van der Waals surface area contributed by atoms with E-state index in [0.717, 1.165) is 5.82 Å². The van der Waals surface area contributed by atoms with E-state index in [1.165, 1.54) is 0 Å². The molecule has 0 unspecified atom stereocenters. The minimum Gasteiger partial charge on any atom is -0.374 e. The summed E-state index contributed by atoms with van der Waals surface area (Å²) >= 11 is 5.97. The summed E-state index contributed by atoms with van der Waals surface area (Å²) in [7, 11) is 0. The van der Waals surface area contributed by atoms with Crippen LogP contribution in [0, 0.1) is 13.8 Å². The molecule has 0 N–H and O–H groups in total. The maximum Gasteiger partial charge on any atom is 0.160 e. The summed E-state index contributed by atoms with van der Waals surface area (Å²) in [6.45, 7) is 6.53. The molecule has 2 aromatic rings. The Balaban J connectivity index is 2.38. The van der Waals surface area contributed by atoms with Crippen LogP contribution in [0.25, 0.3) is 5.82 Å². The van der Waals surface area contributed by atoms with E-state index in [-0.39, 0.29) is 0 Å². The Hall–Kier alpha value is -1.53. The van der Waals surface area contributed by atoms with Crippen molar-refractivity contribution in [3.05, 3.63) is 28.7 Å². The lowest BCUT2D eigenvalue weighted by Gasteiger charge is -2.05. The van der Waals surface area contributed by atoms with Crippen molar-refractivity contribution in [2.45, 2.75) is 27.4 Å². The van der Waals surface area contributed by atoms with Crippen LogP contribution in [0.1, 0.15) is 24.4 Å². The van der Waals surface area contributed by atoms with Gasteiger partial charge in [0.2, 0.25) is 0 Å². The normalized spacial score (nSPS) is 10.9. The molecule has 0 saturated heterocycles. The Bertz CT molecular complexity index is 554. The van der Waals surface area contributed by atoms with Crippen LogP contribution in [0.2, 0.25) is 5.15 Å².